The third-order valence-corrected chi connectivity index (χ3v) is 4.87. The largest absolute Gasteiger partial charge is 0.240 e. The third-order valence-electron chi connectivity index (χ3n) is 3.10. The molecule has 2 aliphatic carbocycles. The third kappa shape index (κ3) is 3.59. The van der Waals surface area contributed by atoms with Gasteiger partial charge in [0.05, 0.1) is 9.94 Å². The Bertz CT molecular complexity index is 533. The summed E-state index contributed by atoms with van der Waals surface area (Å²) in [5, 5.41) is 0.397. The van der Waals surface area contributed by atoms with Crippen LogP contribution in [0, 0.1) is 0 Å². The molecule has 18 heavy (non-hydrogen) atoms. The SMILES string of the molecule is O=S(=O)(NC1CCCCC1)C1=CC=C=C(Cl)C=C1. The zero-order valence-electron chi connectivity index (χ0n) is 10.0. The van der Waals surface area contributed by atoms with Gasteiger partial charge in [0, 0.05) is 6.04 Å². The number of hydrogen-bond acceptors (Lipinski definition) is 2. The summed E-state index contributed by atoms with van der Waals surface area (Å²) in [6, 6.07) is 0.0636. The Morgan fingerprint density at radius 3 is 2.67 bits per heavy atom. The lowest BCUT2D eigenvalue weighted by Crippen LogP contribution is -2.36. The molecule has 0 unspecified atom stereocenters. The molecule has 2 rings (SSSR count). The van der Waals surface area contributed by atoms with Gasteiger partial charge in [-0.1, -0.05) is 30.9 Å². The fourth-order valence-corrected chi connectivity index (χ4v) is 3.58. The molecule has 98 valence electrons. The van der Waals surface area contributed by atoms with Crippen LogP contribution in [0.5, 0.6) is 0 Å². The summed E-state index contributed by atoms with van der Waals surface area (Å²) in [6.45, 7) is 0. The van der Waals surface area contributed by atoms with E-state index < -0.39 is 10.0 Å². The topological polar surface area (TPSA) is 46.2 Å². The van der Waals surface area contributed by atoms with Gasteiger partial charge in [-0.2, -0.15) is 0 Å². The quantitative estimate of drug-likeness (QED) is 0.811. The van der Waals surface area contributed by atoms with Crippen molar-refractivity contribution in [2.45, 2.75) is 38.1 Å². The van der Waals surface area contributed by atoms with Gasteiger partial charge in [0.1, 0.15) is 0 Å². The molecule has 0 aromatic heterocycles. The van der Waals surface area contributed by atoms with Gasteiger partial charge in [-0.05, 0) is 37.1 Å². The minimum Gasteiger partial charge on any atom is -0.208 e. The molecule has 1 fully saturated rings. The molecule has 0 aromatic rings. The molecule has 1 saturated carbocycles. The van der Waals surface area contributed by atoms with Crippen LogP contribution in [0.4, 0.5) is 0 Å². The summed E-state index contributed by atoms with van der Waals surface area (Å²) >= 11 is 5.77. The van der Waals surface area contributed by atoms with Crippen molar-refractivity contribution in [3.05, 3.63) is 40.0 Å². The van der Waals surface area contributed by atoms with Crippen molar-refractivity contribution < 1.29 is 8.42 Å². The van der Waals surface area contributed by atoms with Gasteiger partial charge < -0.3 is 0 Å². The van der Waals surface area contributed by atoms with Gasteiger partial charge in [-0.3, -0.25) is 0 Å². The van der Waals surface area contributed by atoms with Crippen molar-refractivity contribution in [1.29, 1.82) is 0 Å². The van der Waals surface area contributed by atoms with Crippen LogP contribution in [0.1, 0.15) is 32.1 Å². The lowest BCUT2D eigenvalue weighted by Gasteiger charge is -2.22. The van der Waals surface area contributed by atoms with Gasteiger partial charge in [0.2, 0.25) is 10.0 Å². The van der Waals surface area contributed by atoms with Crippen molar-refractivity contribution in [2.75, 3.05) is 0 Å². The highest BCUT2D eigenvalue weighted by atomic mass is 35.5. The van der Waals surface area contributed by atoms with E-state index in [0.29, 0.717) is 5.03 Å². The summed E-state index contributed by atoms with van der Waals surface area (Å²) < 4.78 is 27.1. The lowest BCUT2D eigenvalue weighted by atomic mass is 9.96. The van der Waals surface area contributed by atoms with Gasteiger partial charge in [0.15, 0.2) is 0 Å². The van der Waals surface area contributed by atoms with Gasteiger partial charge >= 0.3 is 0 Å². The van der Waals surface area contributed by atoms with E-state index in [1.54, 1.807) is 0 Å². The number of sulfonamides is 1. The molecule has 5 heteroatoms. The average Bonchev–Trinajstić information content (AvgIpc) is 2.55. The molecule has 2 aliphatic rings. The highest BCUT2D eigenvalue weighted by Gasteiger charge is 2.22. The molecule has 3 nitrogen and oxygen atoms in total. The summed E-state index contributed by atoms with van der Waals surface area (Å²) in [4.78, 5) is 0.233. The lowest BCUT2D eigenvalue weighted by molar-refractivity contribution is 0.413. The van der Waals surface area contributed by atoms with Crippen molar-refractivity contribution in [2.24, 2.45) is 0 Å². The normalized spacial score (nSPS) is 21.4. The molecule has 0 aromatic carbocycles. The van der Waals surface area contributed by atoms with E-state index in [1.807, 2.05) is 0 Å². The predicted molar refractivity (Wildman–Crippen MR) is 73.6 cm³/mol. The maximum atomic E-state index is 12.2. The smallest absolute Gasteiger partial charge is 0.208 e. The van der Waals surface area contributed by atoms with E-state index in [9.17, 15) is 8.42 Å². The zero-order chi connectivity index (χ0) is 13.0. The highest BCUT2D eigenvalue weighted by Crippen LogP contribution is 2.20. The fraction of sp³-hybridized carbons (Fsp3) is 0.462. The maximum absolute atomic E-state index is 12.2. The Hall–Kier alpha value is -0.800. The molecule has 0 aliphatic heterocycles. The molecule has 0 spiro atoms. The van der Waals surface area contributed by atoms with Gasteiger partial charge in [-0.15, -0.1) is 5.73 Å². The minimum atomic E-state index is -3.45. The van der Waals surface area contributed by atoms with Crippen LogP contribution >= 0.6 is 11.6 Å². The Morgan fingerprint density at radius 1 is 1.22 bits per heavy atom. The van der Waals surface area contributed by atoms with E-state index >= 15 is 0 Å². The van der Waals surface area contributed by atoms with Crippen molar-refractivity contribution in [3.8, 4) is 0 Å². The minimum absolute atomic E-state index is 0.0636. The van der Waals surface area contributed by atoms with Gasteiger partial charge in [-0.25, -0.2) is 13.1 Å². The molecule has 0 radical (unpaired) electrons. The van der Waals surface area contributed by atoms with Crippen LogP contribution < -0.4 is 4.72 Å². The van der Waals surface area contributed by atoms with E-state index in [1.165, 1.54) is 30.7 Å². The van der Waals surface area contributed by atoms with Crippen molar-refractivity contribution in [3.63, 3.8) is 0 Å². The number of nitrogens with one attached hydrogen (secondary N) is 1. The maximum Gasteiger partial charge on any atom is 0.240 e. The van der Waals surface area contributed by atoms with Crippen LogP contribution in [0.15, 0.2) is 40.0 Å². The second kappa shape index (κ2) is 5.89. The van der Waals surface area contributed by atoms with Crippen LogP contribution in [-0.4, -0.2) is 14.5 Å². The van der Waals surface area contributed by atoms with Gasteiger partial charge in [0.25, 0.3) is 0 Å². The second-order valence-corrected chi connectivity index (χ2v) is 6.64. The number of hydrogen-bond donors (Lipinski definition) is 1. The second-order valence-electron chi connectivity index (χ2n) is 4.52. The molecule has 0 amide bonds. The van der Waals surface area contributed by atoms with Crippen LogP contribution in [0.3, 0.4) is 0 Å². The van der Waals surface area contributed by atoms with E-state index in [2.05, 4.69) is 10.5 Å². The molecule has 0 bridgehead atoms. The molecule has 0 atom stereocenters. The Balaban J connectivity index is 2.10. The first kappa shape index (κ1) is 13.6. The van der Waals surface area contributed by atoms with Crippen molar-refractivity contribution in [1.82, 2.24) is 4.72 Å². The van der Waals surface area contributed by atoms with E-state index in [-0.39, 0.29) is 10.9 Å². The van der Waals surface area contributed by atoms with Crippen LogP contribution in [0.2, 0.25) is 0 Å². The van der Waals surface area contributed by atoms with E-state index in [0.717, 1.165) is 25.7 Å². The molecule has 1 N–H and O–H groups in total. The molecular formula is C13H16ClNO2S. The molecule has 0 heterocycles. The Labute approximate surface area is 113 Å². The number of halogens is 1. The number of allylic oxidation sites excluding steroid dienone is 4. The van der Waals surface area contributed by atoms with E-state index in [4.69, 9.17) is 11.6 Å². The number of rotatable bonds is 3. The standard InChI is InChI=1S/C13H16ClNO2S/c14-11-5-4-8-13(10-9-11)18(16,17)15-12-6-2-1-3-7-12/h4,8-10,12,15H,1-3,6-7H2. The Morgan fingerprint density at radius 2 is 1.94 bits per heavy atom. The van der Waals surface area contributed by atoms with Crippen LogP contribution in [0.25, 0.3) is 0 Å². The first-order chi connectivity index (χ1) is 8.58. The highest BCUT2D eigenvalue weighted by molar-refractivity contribution is 7.93. The van der Waals surface area contributed by atoms with Crippen molar-refractivity contribution >= 4 is 21.6 Å². The summed E-state index contributed by atoms with van der Waals surface area (Å²) in [5.41, 5.74) is 2.75. The Kier molecular flexibility index (Phi) is 4.46. The zero-order valence-corrected chi connectivity index (χ0v) is 11.6. The summed E-state index contributed by atoms with van der Waals surface area (Å²) in [6.07, 6.45) is 11.3. The average molecular weight is 286 g/mol. The summed E-state index contributed by atoms with van der Waals surface area (Å²) in [5.74, 6) is 0. The summed E-state index contributed by atoms with van der Waals surface area (Å²) in [7, 11) is -3.45. The van der Waals surface area contributed by atoms with Crippen LogP contribution in [-0.2, 0) is 10.0 Å². The molecular weight excluding hydrogens is 270 g/mol. The fourth-order valence-electron chi connectivity index (χ4n) is 2.15. The molecule has 0 saturated heterocycles. The first-order valence-electron chi connectivity index (χ1n) is 6.11. The monoisotopic (exact) mass is 285 g/mol. The predicted octanol–water partition coefficient (Wildman–Crippen LogP) is 2.97. The first-order valence-corrected chi connectivity index (χ1v) is 7.97.